The van der Waals surface area contributed by atoms with Gasteiger partial charge in [-0.25, -0.2) is 8.42 Å². The highest BCUT2D eigenvalue weighted by Gasteiger charge is 2.08. The third kappa shape index (κ3) is 5.05. The SMILES string of the molecule is O=[SH](=O)c1ccc(Oc2cccnc2)cc1CNCc1ccc(Cl)cc1. The Morgan fingerprint density at radius 1 is 1.00 bits per heavy atom. The molecule has 1 aromatic heterocycles. The van der Waals surface area contributed by atoms with Gasteiger partial charge >= 0.3 is 0 Å². The van der Waals surface area contributed by atoms with Crippen molar-refractivity contribution in [2.45, 2.75) is 18.0 Å². The Labute approximate surface area is 158 Å². The van der Waals surface area contributed by atoms with Crippen molar-refractivity contribution >= 4 is 22.3 Å². The maximum Gasteiger partial charge on any atom is 0.168 e. The number of rotatable bonds is 7. The van der Waals surface area contributed by atoms with Crippen LogP contribution in [-0.2, 0) is 23.8 Å². The molecule has 0 fully saturated rings. The molecule has 0 radical (unpaired) electrons. The molecule has 0 atom stereocenters. The minimum absolute atomic E-state index is 0.280. The van der Waals surface area contributed by atoms with Crippen molar-refractivity contribution in [2.75, 3.05) is 0 Å². The maximum atomic E-state index is 11.5. The summed E-state index contributed by atoms with van der Waals surface area (Å²) >= 11 is 5.88. The fraction of sp³-hybridized carbons (Fsp3) is 0.105. The lowest BCUT2D eigenvalue weighted by Crippen LogP contribution is -2.13. The lowest BCUT2D eigenvalue weighted by molar-refractivity contribution is 0.478. The first-order valence-electron chi connectivity index (χ1n) is 7.92. The second-order valence-corrected chi connectivity index (χ2v) is 7.00. The molecule has 0 aliphatic rings. The van der Waals surface area contributed by atoms with E-state index >= 15 is 0 Å². The third-order valence-corrected chi connectivity index (χ3v) is 4.76. The van der Waals surface area contributed by atoms with E-state index in [9.17, 15) is 8.42 Å². The molecule has 7 heteroatoms. The summed E-state index contributed by atoms with van der Waals surface area (Å²) in [5, 5.41) is 3.93. The van der Waals surface area contributed by atoms with Gasteiger partial charge in [0.05, 0.1) is 11.1 Å². The molecule has 2 aromatic carbocycles. The van der Waals surface area contributed by atoms with Gasteiger partial charge in [-0.15, -0.1) is 0 Å². The topological polar surface area (TPSA) is 68.3 Å². The van der Waals surface area contributed by atoms with Crippen LogP contribution in [0.5, 0.6) is 11.5 Å². The molecular formula is C19H17ClN2O3S. The highest BCUT2D eigenvalue weighted by molar-refractivity contribution is 7.72. The summed E-state index contributed by atoms with van der Waals surface area (Å²) in [4.78, 5) is 4.27. The Hall–Kier alpha value is -2.41. The molecule has 0 aliphatic heterocycles. The van der Waals surface area contributed by atoms with Crippen LogP contribution in [-0.4, -0.2) is 13.4 Å². The predicted octanol–water partition coefficient (Wildman–Crippen LogP) is 3.79. The molecule has 0 amide bonds. The molecule has 3 rings (SSSR count). The number of thiol groups is 1. The maximum absolute atomic E-state index is 11.5. The van der Waals surface area contributed by atoms with Gasteiger partial charge in [-0.1, -0.05) is 23.7 Å². The van der Waals surface area contributed by atoms with E-state index < -0.39 is 10.7 Å². The highest BCUT2D eigenvalue weighted by Crippen LogP contribution is 2.24. The van der Waals surface area contributed by atoms with E-state index in [-0.39, 0.29) is 4.90 Å². The zero-order valence-electron chi connectivity index (χ0n) is 13.8. The van der Waals surface area contributed by atoms with E-state index in [2.05, 4.69) is 10.3 Å². The number of hydrogen-bond donors (Lipinski definition) is 2. The zero-order valence-corrected chi connectivity index (χ0v) is 15.4. The van der Waals surface area contributed by atoms with Gasteiger partial charge in [0, 0.05) is 24.3 Å². The smallest absolute Gasteiger partial charge is 0.168 e. The minimum Gasteiger partial charge on any atom is -0.456 e. The van der Waals surface area contributed by atoms with Gasteiger partial charge in [-0.3, -0.25) is 4.98 Å². The lowest BCUT2D eigenvalue weighted by Gasteiger charge is -2.11. The molecule has 26 heavy (non-hydrogen) atoms. The van der Waals surface area contributed by atoms with Crippen LogP contribution in [0.1, 0.15) is 11.1 Å². The molecule has 3 aromatic rings. The van der Waals surface area contributed by atoms with Crippen molar-refractivity contribution in [1.29, 1.82) is 0 Å². The number of pyridine rings is 1. The van der Waals surface area contributed by atoms with Crippen LogP contribution in [0, 0.1) is 0 Å². The lowest BCUT2D eigenvalue weighted by atomic mass is 10.2. The summed E-state index contributed by atoms with van der Waals surface area (Å²) in [6, 6.07) is 16.0. The van der Waals surface area contributed by atoms with Crippen molar-refractivity contribution in [3.05, 3.63) is 83.1 Å². The standard InChI is InChI=1S/C19H17ClN2O3S/c20-16-5-3-14(4-6-16)11-22-12-15-10-17(7-8-19(15)26(23)24)25-18-2-1-9-21-13-18/h1-10,13,22,26H,11-12H2. The molecule has 0 aliphatic carbocycles. The van der Waals surface area contributed by atoms with Crippen LogP contribution in [0.4, 0.5) is 0 Å². The first-order chi connectivity index (χ1) is 12.6. The van der Waals surface area contributed by atoms with Crippen LogP contribution >= 0.6 is 11.6 Å². The van der Waals surface area contributed by atoms with Crippen molar-refractivity contribution in [2.24, 2.45) is 0 Å². The minimum atomic E-state index is -2.69. The van der Waals surface area contributed by atoms with Crippen LogP contribution < -0.4 is 10.1 Å². The molecule has 0 unspecified atom stereocenters. The first kappa shape index (κ1) is 18.4. The van der Waals surface area contributed by atoms with Gasteiger partial charge in [0.15, 0.2) is 10.7 Å². The molecular weight excluding hydrogens is 372 g/mol. The Balaban J connectivity index is 1.72. The summed E-state index contributed by atoms with van der Waals surface area (Å²) in [7, 11) is -2.69. The van der Waals surface area contributed by atoms with Gasteiger partial charge in [-0.2, -0.15) is 0 Å². The van der Waals surface area contributed by atoms with Crippen molar-refractivity contribution in [1.82, 2.24) is 10.3 Å². The molecule has 0 spiro atoms. The monoisotopic (exact) mass is 388 g/mol. The summed E-state index contributed by atoms with van der Waals surface area (Å²) in [5.74, 6) is 1.15. The number of nitrogens with one attached hydrogen (secondary N) is 1. The van der Waals surface area contributed by atoms with Gasteiger partial charge < -0.3 is 10.1 Å². The Morgan fingerprint density at radius 3 is 2.50 bits per heavy atom. The number of halogens is 1. The number of hydrogen-bond acceptors (Lipinski definition) is 5. The average molecular weight is 389 g/mol. The van der Waals surface area contributed by atoms with Gasteiger partial charge in [-0.05, 0) is 53.6 Å². The second kappa shape index (κ2) is 8.80. The van der Waals surface area contributed by atoms with E-state index in [1.54, 1.807) is 42.7 Å². The zero-order chi connectivity index (χ0) is 18.4. The summed E-state index contributed by atoms with van der Waals surface area (Å²) in [6.07, 6.45) is 3.25. The molecule has 1 N–H and O–H groups in total. The fourth-order valence-electron chi connectivity index (χ4n) is 2.43. The Bertz CT molecular complexity index is 937. The summed E-state index contributed by atoms with van der Waals surface area (Å²) in [6.45, 7) is 0.992. The molecule has 134 valence electrons. The third-order valence-electron chi connectivity index (χ3n) is 3.68. The van der Waals surface area contributed by atoms with Crippen LogP contribution in [0.2, 0.25) is 5.02 Å². The van der Waals surface area contributed by atoms with Gasteiger partial charge in [0.1, 0.15) is 11.5 Å². The van der Waals surface area contributed by atoms with Crippen molar-refractivity contribution in [3.63, 3.8) is 0 Å². The summed E-state index contributed by atoms with van der Waals surface area (Å²) < 4.78 is 28.7. The van der Waals surface area contributed by atoms with E-state index in [1.165, 1.54) is 0 Å². The Morgan fingerprint density at radius 2 is 1.81 bits per heavy atom. The van der Waals surface area contributed by atoms with Crippen LogP contribution in [0.15, 0.2) is 71.9 Å². The van der Waals surface area contributed by atoms with Gasteiger partial charge in [0.25, 0.3) is 0 Å². The van der Waals surface area contributed by atoms with Crippen LogP contribution in [0.3, 0.4) is 0 Å². The first-order valence-corrected chi connectivity index (χ1v) is 9.48. The second-order valence-electron chi connectivity index (χ2n) is 5.57. The largest absolute Gasteiger partial charge is 0.456 e. The average Bonchev–Trinajstić information content (AvgIpc) is 2.64. The van der Waals surface area contributed by atoms with E-state index in [1.807, 2.05) is 24.3 Å². The number of nitrogens with zero attached hydrogens (tertiary/aromatic N) is 1. The number of benzene rings is 2. The van der Waals surface area contributed by atoms with E-state index in [0.29, 0.717) is 35.2 Å². The molecule has 0 saturated heterocycles. The molecule has 0 bridgehead atoms. The van der Waals surface area contributed by atoms with Gasteiger partial charge in [0.2, 0.25) is 0 Å². The number of ether oxygens (including phenoxy) is 1. The van der Waals surface area contributed by atoms with E-state index in [4.69, 9.17) is 16.3 Å². The Kier molecular flexibility index (Phi) is 6.22. The highest BCUT2D eigenvalue weighted by atomic mass is 35.5. The van der Waals surface area contributed by atoms with Crippen LogP contribution in [0.25, 0.3) is 0 Å². The van der Waals surface area contributed by atoms with E-state index in [0.717, 1.165) is 5.56 Å². The van der Waals surface area contributed by atoms with Crippen molar-refractivity contribution in [3.8, 4) is 11.5 Å². The molecule has 1 heterocycles. The van der Waals surface area contributed by atoms with Crippen molar-refractivity contribution < 1.29 is 13.2 Å². The normalized spacial score (nSPS) is 10.8. The molecule has 5 nitrogen and oxygen atoms in total. The fourth-order valence-corrected chi connectivity index (χ4v) is 3.13. The number of aromatic nitrogens is 1. The summed E-state index contributed by atoms with van der Waals surface area (Å²) in [5.41, 5.74) is 1.71. The quantitative estimate of drug-likeness (QED) is 0.603. The molecule has 0 saturated carbocycles. The predicted molar refractivity (Wildman–Crippen MR) is 101 cm³/mol.